The number of nitrogens with one attached hydrogen (secondary N) is 2. The fourth-order valence-corrected chi connectivity index (χ4v) is 3.40. The minimum absolute atomic E-state index is 0.148. The van der Waals surface area contributed by atoms with Crippen LogP contribution in [0.4, 0.5) is 5.69 Å². The van der Waals surface area contributed by atoms with E-state index < -0.39 is 0 Å². The number of benzene rings is 2. The van der Waals surface area contributed by atoms with Crippen molar-refractivity contribution in [3.05, 3.63) is 78.6 Å². The molecule has 2 aromatic heterocycles. The van der Waals surface area contributed by atoms with E-state index in [2.05, 4.69) is 75.9 Å². The summed E-state index contributed by atoms with van der Waals surface area (Å²) in [4.78, 5) is 6.77. The molecule has 0 aliphatic heterocycles. The zero-order chi connectivity index (χ0) is 19.3. The second-order valence-electron chi connectivity index (χ2n) is 7.24. The van der Waals surface area contributed by atoms with Gasteiger partial charge >= 0.3 is 0 Å². The molecule has 5 nitrogen and oxygen atoms in total. The van der Waals surface area contributed by atoms with Gasteiger partial charge in [0.1, 0.15) is 0 Å². The molecule has 1 unspecified atom stereocenters. The highest BCUT2D eigenvalue weighted by atomic mass is 15.1. The first-order chi connectivity index (χ1) is 13.7. The Labute approximate surface area is 165 Å². The largest absolute Gasteiger partial charge is 0.377 e. The number of aromatic nitrogens is 3. The van der Waals surface area contributed by atoms with Crippen LogP contribution in [0, 0.1) is 0 Å². The first-order valence-electron chi connectivity index (χ1n) is 9.56. The van der Waals surface area contributed by atoms with Crippen LogP contribution in [-0.4, -0.2) is 40.7 Å². The smallest absolute Gasteiger partial charge is 0.1000 e. The van der Waals surface area contributed by atoms with Crippen LogP contribution in [0.2, 0.25) is 0 Å². The molecule has 0 bridgehead atoms. The highest BCUT2D eigenvalue weighted by molar-refractivity contribution is 5.93. The highest BCUT2D eigenvalue weighted by Crippen LogP contribution is 2.29. The Kier molecular flexibility index (Phi) is 5.35. The molecular weight excluding hydrogens is 346 g/mol. The van der Waals surface area contributed by atoms with Gasteiger partial charge in [-0.25, -0.2) is 0 Å². The number of anilines is 1. The molecule has 5 heteroatoms. The van der Waals surface area contributed by atoms with Gasteiger partial charge in [-0.3, -0.25) is 10.1 Å². The molecule has 0 aliphatic rings. The van der Waals surface area contributed by atoms with Crippen LogP contribution in [-0.2, 0) is 0 Å². The summed E-state index contributed by atoms with van der Waals surface area (Å²) in [6.45, 7) is 0.984. The van der Waals surface area contributed by atoms with Crippen LogP contribution in [0.15, 0.2) is 72.9 Å². The predicted octanol–water partition coefficient (Wildman–Crippen LogP) is 4.73. The number of fused-ring (bicyclic) bond motifs is 1. The fraction of sp³-hybridized carbons (Fsp3) is 0.217. The molecule has 0 amide bonds. The van der Waals surface area contributed by atoms with Crippen molar-refractivity contribution in [2.24, 2.45) is 0 Å². The molecule has 4 aromatic rings. The third-order valence-corrected chi connectivity index (χ3v) is 4.86. The van der Waals surface area contributed by atoms with Crippen LogP contribution in [0.5, 0.6) is 0 Å². The van der Waals surface area contributed by atoms with Crippen molar-refractivity contribution in [3.8, 4) is 11.3 Å². The molecule has 0 saturated carbocycles. The molecule has 0 saturated heterocycles. The number of pyridine rings is 1. The Bertz CT molecular complexity index is 1040. The van der Waals surface area contributed by atoms with Gasteiger partial charge in [-0.2, -0.15) is 5.10 Å². The van der Waals surface area contributed by atoms with Gasteiger partial charge in [-0.05, 0) is 57.4 Å². The number of nitrogens with zero attached hydrogens (tertiary/aromatic N) is 3. The van der Waals surface area contributed by atoms with Gasteiger partial charge in [0, 0.05) is 22.8 Å². The third-order valence-electron chi connectivity index (χ3n) is 4.86. The van der Waals surface area contributed by atoms with E-state index in [1.807, 2.05) is 36.5 Å². The summed E-state index contributed by atoms with van der Waals surface area (Å²) < 4.78 is 0. The predicted molar refractivity (Wildman–Crippen MR) is 115 cm³/mol. The molecule has 142 valence electrons. The monoisotopic (exact) mass is 371 g/mol. The molecule has 2 heterocycles. The van der Waals surface area contributed by atoms with Gasteiger partial charge in [0.2, 0.25) is 0 Å². The highest BCUT2D eigenvalue weighted by Gasteiger charge is 2.14. The summed E-state index contributed by atoms with van der Waals surface area (Å²) in [5, 5.41) is 12.5. The fourth-order valence-electron chi connectivity index (χ4n) is 3.40. The third kappa shape index (κ3) is 4.05. The lowest BCUT2D eigenvalue weighted by atomic mass is 10.1. The minimum atomic E-state index is 0.148. The second-order valence-corrected chi connectivity index (χ2v) is 7.24. The summed E-state index contributed by atoms with van der Waals surface area (Å²) >= 11 is 0. The van der Waals surface area contributed by atoms with Gasteiger partial charge in [-0.15, -0.1) is 0 Å². The number of aromatic amines is 1. The molecule has 2 N–H and O–H groups in total. The van der Waals surface area contributed by atoms with E-state index in [1.54, 1.807) is 0 Å². The lowest BCUT2D eigenvalue weighted by molar-refractivity contribution is 0.386. The van der Waals surface area contributed by atoms with Crippen LogP contribution < -0.4 is 5.32 Å². The van der Waals surface area contributed by atoms with E-state index in [9.17, 15) is 0 Å². The molecular formula is C23H25N5. The summed E-state index contributed by atoms with van der Waals surface area (Å²) in [7, 11) is 4.19. The van der Waals surface area contributed by atoms with Crippen molar-refractivity contribution in [2.75, 3.05) is 26.0 Å². The van der Waals surface area contributed by atoms with Crippen LogP contribution in [0.1, 0.15) is 18.2 Å². The van der Waals surface area contributed by atoms with Crippen molar-refractivity contribution >= 4 is 16.6 Å². The molecule has 4 rings (SSSR count). The lowest BCUT2D eigenvalue weighted by Crippen LogP contribution is -2.20. The summed E-state index contributed by atoms with van der Waals surface area (Å²) in [6.07, 6.45) is 2.82. The van der Waals surface area contributed by atoms with E-state index in [-0.39, 0.29) is 6.04 Å². The van der Waals surface area contributed by atoms with E-state index in [0.717, 1.165) is 46.5 Å². The van der Waals surface area contributed by atoms with E-state index in [1.165, 1.54) is 0 Å². The first-order valence-corrected chi connectivity index (χ1v) is 9.56. The number of hydrogen-bond donors (Lipinski definition) is 2. The number of H-pyrrole nitrogens is 1. The summed E-state index contributed by atoms with van der Waals surface area (Å²) in [5.41, 5.74) is 5.24. The summed E-state index contributed by atoms with van der Waals surface area (Å²) in [6, 6.07) is 22.9. The standard InChI is InChI=1S/C23H25N5/c1-28(2)15-13-22(21-12-5-6-14-24-21)25-18-9-7-8-17(16-18)23-19-10-3-4-11-20(19)26-27-23/h3-12,14,16,22,25H,13,15H2,1-2H3,(H,26,27). The Balaban J connectivity index is 1.62. The van der Waals surface area contributed by atoms with Crippen molar-refractivity contribution in [3.63, 3.8) is 0 Å². The first kappa shape index (κ1) is 18.2. The van der Waals surface area contributed by atoms with Crippen molar-refractivity contribution < 1.29 is 0 Å². The van der Waals surface area contributed by atoms with Gasteiger partial charge < -0.3 is 10.2 Å². The van der Waals surface area contributed by atoms with Gasteiger partial charge in [0.25, 0.3) is 0 Å². The topological polar surface area (TPSA) is 56.8 Å². The molecule has 1 atom stereocenters. The van der Waals surface area contributed by atoms with Crippen LogP contribution in [0.25, 0.3) is 22.2 Å². The van der Waals surface area contributed by atoms with Crippen molar-refractivity contribution in [1.82, 2.24) is 20.1 Å². The SMILES string of the molecule is CN(C)CCC(Nc1cccc(-c2n[nH]c3ccccc23)c1)c1ccccn1. The van der Waals surface area contributed by atoms with Gasteiger partial charge in [-0.1, -0.05) is 36.4 Å². The average Bonchev–Trinajstić information content (AvgIpc) is 3.16. The molecule has 0 radical (unpaired) electrons. The van der Waals surface area contributed by atoms with Crippen LogP contribution >= 0.6 is 0 Å². The van der Waals surface area contributed by atoms with Crippen LogP contribution in [0.3, 0.4) is 0 Å². The maximum atomic E-state index is 4.57. The second kappa shape index (κ2) is 8.23. The number of hydrogen-bond acceptors (Lipinski definition) is 4. The van der Waals surface area contributed by atoms with E-state index in [4.69, 9.17) is 0 Å². The zero-order valence-corrected chi connectivity index (χ0v) is 16.3. The quantitative estimate of drug-likeness (QED) is 0.493. The normalized spacial score (nSPS) is 12.4. The summed E-state index contributed by atoms with van der Waals surface area (Å²) in [5.74, 6) is 0. The maximum Gasteiger partial charge on any atom is 0.1000 e. The molecule has 0 aliphatic carbocycles. The lowest BCUT2D eigenvalue weighted by Gasteiger charge is -2.21. The number of para-hydroxylation sites is 1. The number of rotatable bonds is 7. The van der Waals surface area contributed by atoms with Gasteiger partial charge in [0.15, 0.2) is 0 Å². The van der Waals surface area contributed by atoms with Crippen molar-refractivity contribution in [1.29, 1.82) is 0 Å². The van der Waals surface area contributed by atoms with E-state index >= 15 is 0 Å². The average molecular weight is 371 g/mol. The van der Waals surface area contributed by atoms with E-state index in [0.29, 0.717) is 0 Å². The Morgan fingerprint density at radius 3 is 2.68 bits per heavy atom. The maximum absolute atomic E-state index is 4.57. The zero-order valence-electron chi connectivity index (χ0n) is 16.3. The molecule has 0 fully saturated rings. The molecule has 28 heavy (non-hydrogen) atoms. The Morgan fingerprint density at radius 2 is 1.86 bits per heavy atom. The minimum Gasteiger partial charge on any atom is -0.377 e. The molecule has 2 aromatic carbocycles. The van der Waals surface area contributed by atoms with Gasteiger partial charge in [0.05, 0.1) is 22.9 Å². The Hall–Kier alpha value is -3.18. The van der Waals surface area contributed by atoms with Crippen molar-refractivity contribution in [2.45, 2.75) is 12.5 Å². The Morgan fingerprint density at radius 1 is 1.00 bits per heavy atom. The molecule has 0 spiro atoms.